The Kier molecular flexibility index (Phi) is 3.83. The summed E-state index contributed by atoms with van der Waals surface area (Å²) in [4.78, 5) is 21.4. The maximum atomic E-state index is 12.1. The Bertz CT molecular complexity index is 693. The van der Waals surface area contributed by atoms with Crippen molar-refractivity contribution in [2.45, 2.75) is 12.3 Å². The Hall–Kier alpha value is -2.20. The number of carbonyl (C=O) groups is 1. The molecule has 2 aromatic rings. The molecule has 1 aromatic heterocycles. The number of aromatic nitrogens is 1. The number of fused-ring (bicyclic) bond motifs is 1. The lowest BCUT2D eigenvalue weighted by Crippen LogP contribution is -2.47. The zero-order chi connectivity index (χ0) is 15.6. The molecule has 118 valence electrons. The van der Waals surface area contributed by atoms with Crippen molar-refractivity contribution in [1.29, 1.82) is 0 Å². The van der Waals surface area contributed by atoms with E-state index in [2.05, 4.69) is 26.9 Å². The van der Waals surface area contributed by atoms with Gasteiger partial charge in [0.1, 0.15) is 5.82 Å². The second kappa shape index (κ2) is 6.13. The predicted molar refractivity (Wildman–Crippen MR) is 91.0 cm³/mol. The zero-order valence-corrected chi connectivity index (χ0v) is 13.2. The summed E-state index contributed by atoms with van der Waals surface area (Å²) in [6, 6.07) is 14.2. The SMILES string of the molecule is O=C1C[C@H](CN2CCN(c3ccccn3)CC2)c2ccccc21. The second-order valence-electron chi connectivity index (χ2n) is 6.39. The first-order valence-electron chi connectivity index (χ1n) is 8.32. The topological polar surface area (TPSA) is 36.4 Å². The van der Waals surface area contributed by atoms with Gasteiger partial charge in [0.05, 0.1) is 0 Å². The number of anilines is 1. The van der Waals surface area contributed by atoms with Gasteiger partial charge < -0.3 is 4.90 Å². The fraction of sp³-hybridized carbons (Fsp3) is 0.368. The van der Waals surface area contributed by atoms with Crippen molar-refractivity contribution in [3.8, 4) is 0 Å². The highest BCUT2D eigenvalue weighted by molar-refractivity contribution is 6.01. The van der Waals surface area contributed by atoms with Gasteiger partial charge in [-0.2, -0.15) is 0 Å². The van der Waals surface area contributed by atoms with Crippen molar-refractivity contribution in [3.05, 3.63) is 59.8 Å². The van der Waals surface area contributed by atoms with Gasteiger partial charge in [0, 0.05) is 56.8 Å². The molecular formula is C19H21N3O. The summed E-state index contributed by atoms with van der Waals surface area (Å²) in [5, 5.41) is 0. The minimum atomic E-state index is 0.303. The molecule has 0 bridgehead atoms. The summed E-state index contributed by atoms with van der Waals surface area (Å²) in [6.45, 7) is 5.05. The lowest BCUT2D eigenvalue weighted by Gasteiger charge is -2.36. The molecule has 2 heterocycles. The molecule has 0 spiro atoms. The highest BCUT2D eigenvalue weighted by Gasteiger charge is 2.31. The van der Waals surface area contributed by atoms with E-state index in [-0.39, 0.29) is 0 Å². The van der Waals surface area contributed by atoms with Crippen LogP contribution in [0.5, 0.6) is 0 Å². The number of Topliss-reactive ketones (excluding diaryl/α,β-unsaturated/α-hetero) is 1. The Morgan fingerprint density at radius 1 is 1.00 bits per heavy atom. The van der Waals surface area contributed by atoms with E-state index in [0.717, 1.165) is 44.1 Å². The van der Waals surface area contributed by atoms with Crippen LogP contribution >= 0.6 is 0 Å². The van der Waals surface area contributed by atoms with E-state index in [9.17, 15) is 4.79 Å². The number of carbonyl (C=O) groups excluding carboxylic acids is 1. The highest BCUT2D eigenvalue weighted by Crippen LogP contribution is 2.33. The molecule has 4 rings (SSSR count). The summed E-state index contributed by atoms with van der Waals surface area (Å²) in [5.74, 6) is 1.73. The summed E-state index contributed by atoms with van der Waals surface area (Å²) in [7, 11) is 0. The lowest BCUT2D eigenvalue weighted by molar-refractivity contribution is 0.0983. The maximum absolute atomic E-state index is 12.1. The normalized spacial score (nSPS) is 21.5. The largest absolute Gasteiger partial charge is 0.354 e. The van der Waals surface area contributed by atoms with Crippen LogP contribution in [0.15, 0.2) is 48.7 Å². The molecule has 1 aliphatic carbocycles. The van der Waals surface area contributed by atoms with Gasteiger partial charge in [-0.05, 0) is 17.7 Å². The molecule has 1 saturated heterocycles. The molecule has 1 aliphatic heterocycles. The Labute approximate surface area is 136 Å². The Morgan fingerprint density at radius 2 is 1.78 bits per heavy atom. The third-order valence-electron chi connectivity index (χ3n) is 4.96. The van der Waals surface area contributed by atoms with Gasteiger partial charge in [0.15, 0.2) is 5.78 Å². The molecule has 1 aromatic carbocycles. The monoisotopic (exact) mass is 307 g/mol. The van der Waals surface area contributed by atoms with Crippen LogP contribution in [0.25, 0.3) is 0 Å². The Balaban J connectivity index is 1.38. The van der Waals surface area contributed by atoms with Gasteiger partial charge in [-0.25, -0.2) is 4.98 Å². The van der Waals surface area contributed by atoms with Crippen molar-refractivity contribution >= 4 is 11.6 Å². The summed E-state index contributed by atoms with van der Waals surface area (Å²) in [6.07, 6.45) is 2.52. The van der Waals surface area contributed by atoms with Gasteiger partial charge in [-0.15, -0.1) is 0 Å². The predicted octanol–water partition coefficient (Wildman–Crippen LogP) is 2.57. The summed E-state index contributed by atoms with van der Waals surface area (Å²) >= 11 is 0. The number of ketones is 1. The van der Waals surface area contributed by atoms with Crippen LogP contribution in [0.4, 0.5) is 5.82 Å². The van der Waals surface area contributed by atoms with E-state index in [1.807, 2.05) is 36.5 Å². The minimum absolute atomic E-state index is 0.303. The summed E-state index contributed by atoms with van der Waals surface area (Å²) in [5.41, 5.74) is 2.18. The first-order valence-corrected chi connectivity index (χ1v) is 8.32. The van der Waals surface area contributed by atoms with Gasteiger partial charge in [0.2, 0.25) is 0 Å². The quantitative estimate of drug-likeness (QED) is 0.873. The van der Waals surface area contributed by atoms with E-state index in [1.165, 1.54) is 5.56 Å². The minimum Gasteiger partial charge on any atom is -0.354 e. The smallest absolute Gasteiger partial charge is 0.163 e. The molecule has 2 aliphatic rings. The lowest BCUT2D eigenvalue weighted by atomic mass is 10.0. The van der Waals surface area contributed by atoms with Crippen LogP contribution < -0.4 is 4.90 Å². The van der Waals surface area contributed by atoms with E-state index in [1.54, 1.807) is 0 Å². The molecule has 4 heteroatoms. The van der Waals surface area contributed by atoms with Crippen LogP contribution in [-0.2, 0) is 0 Å². The van der Waals surface area contributed by atoms with E-state index in [4.69, 9.17) is 0 Å². The van der Waals surface area contributed by atoms with Crippen molar-refractivity contribution in [2.75, 3.05) is 37.6 Å². The van der Waals surface area contributed by atoms with Crippen molar-refractivity contribution in [1.82, 2.24) is 9.88 Å². The number of hydrogen-bond acceptors (Lipinski definition) is 4. The molecule has 1 atom stereocenters. The molecule has 0 amide bonds. The van der Waals surface area contributed by atoms with Gasteiger partial charge >= 0.3 is 0 Å². The van der Waals surface area contributed by atoms with Crippen LogP contribution in [0, 0.1) is 0 Å². The molecule has 1 fully saturated rings. The molecule has 4 nitrogen and oxygen atoms in total. The first kappa shape index (κ1) is 14.4. The van der Waals surface area contributed by atoms with Crippen molar-refractivity contribution in [3.63, 3.8) is 0 Å². The fourth-order valence-corrected chi connectivity index (χ4v) is 3.73. The average molecular weight is 307 g/mol. The molecule has 23 heavy (non-hydrogen) atoms. The molecule has 0 N–H and O–H groups in total. The molecule has 0 saturated carbocycles. The van der Waals surface area contributed by atoms with Gasteiger partial charge in [0.25, 0.3) is 0 Å². The second-order valence-corrected chi connectivity index (χ2v) is 6.39. The summed E-state index contributed by atoms with van der Waals surface area (Å²) < 4.78 is 0. The van der Waals surface area contributed by atoms with Crippen LogP contribution in [0.3, 0.4) is 0 Å². The number of benzene rings is 1. The van der Waals surface area contributed by atoms with Gasteiger partial charge in [-0.1, -0.05) is 30.3 Å². The van der Waals surface area contributed by atoms with Crippen LogP contribution in [0.1, 0.15) is 28.3 Å². The maximum Gasteiger partial charge on any atom is 0.163 e. The number of hydrogen-bond donors (Lipinski definition) is 0. The van der Waals surface area contributed by atoms with Crippen molar-refractivity contribution < 1.29 is 4.79 Å². The van der Waals surface area contributed by atoms with E-state index in [0.29, 0.717) is 18.1 Å². The number of piperazine rings is 1. The van der Waals surface area contributed by atoms with Crippen LogP contribution in [-0.4, -0.2) is 48.4 Å². The van der Waals surface area contributed by atoms with Crippen LogP contribution in [0.2, 0.25) is 0 Å². The number of rotatable bonds is 3. The average Bonchev–Trinajstić information content (AvgIpc) is 2.93. The Morgan fingerprint density at radius 3 is 2.57 bits per heavy atom. The van der Waals surface area contributed by atoms with E-state index < -0.39 is 0 Å². The third kappa shape index (κ3) is 2.86. The third-order valence-corrected chi connectivity index (χ3v) is 4.96. The number of nitrogens with zero attached hydrogens (tertiary/aromatic N) is 3. The standard InChI is InChI=1S/C19H21N3O/c23-18-13-15(16-5-1-2-6-17(16)18)14-21-9-11-22(12-10-21)19-7-3-4-8-20-19/h1-8,15H,9-14H2/t15-/m1/s1. The molecule has 0 radical (unpaired) electrons. The number of pyridine rings is 1. The molecule has 0 unspecified atom stereocenters. The zero-order valence-electron chi connectivity index (χ0n) is 13.2. The van der Waals surface area contributed by atoms with Gasteiger partial charge in [-0.3, -0.25) is 9.69 Å². The first-order chi connectivity index (χ1) is 11.3. The molecular weight excluding hydrogens is 286 g/mol. The van der Waals surface area contributed by atoms with Crippen molar-refractivity contribution in [2.24, 2.45) is 0 Å². The fourth-order valence-electron chi connectivity index (χ4n) is 3.73. The highest BCUT2D eigenvalue weighted by atomic mass is 16.1. The van der Waals surface area contributed by atoms with E-state index >= 15 is 0 Å².